The number of amides is 3. The fourth-order valence-electron chi connectivity index (χ4n) is 2.04. The van der Waals surface area contributed by atoms with Gasteiger partial charge in [0, 0.05) is 0 Å². The third kappa shape index (κ3) is 2.23. The van der Waals surface area contributed by atoms with Crippen LogP contribution < -0.4 is 5.32 Å². The third-order valence-electron chi connectivity index (χ3n) is 3.17. The smallest absolute Gasteiger partial charge is 0.260 e. The number of nitrogens with one attached hydrogen (secondary N) is 1. The number of aryl methyl sites for hydroxylation is 2. The van der Waals surface area contributed by atoms with E-state index >= 15 is 0 Å². The summed E-state index contributed by atoms with van der Waals surface area (Å²) in [6, 6.07) is -0.691. The summed E-state index contributed by atoms with van der Waals surface area (Å²) in [6.07, 6.45) is 0.542. The van der Waals surface area contributed by atoms with Crippen LogP contribution in [-0.2, 0) is 16.0 Å². The summed E-state index contributed by atoms with van der Waals surface area (Å²) < 4.78 is 5.00. The Hall–Kier alpha value is -2.18. The van der Waals surface area contributed by atoms with Gasteiger partial charge in [0.15, 0.2) is 0 Å². The summed E-state index contributed by atoms with van der Waals surface area (Å²) in [6.45, 7) is 4.93. The van der Waals surface area contributed by atoms with Gasteiger partial charge in [0.05, 0.1) is 5.69 Å². The minimum Gasteiger partial charge on any atom is -0.361 e. The maximum absolute atomic E-state index is 12.5. The number of carbonyl (C=O) groups is 3. The van der Waals surface area contributed by atoms with Crippen LogP contribution >= 0.6 is 0 Å². The van der Waals surface area contributed by atoms with Crippen molar-refractivity contribution in [3.8, 4) is 0 Å². The molecule has 1 atom stereocenters. The van der Waals surface area contributed by atoms with Crippen LogP contribution in [0.15, 0.2) is 4.52 Å². The molecule has 19 heavy (non-hydrogen) atoms. The van der Waals surface area contributed by atoms with Gasteiger partial charge in [-0.2, -0.15) is 0 Å². The molecule has 102 valence electrons. The van der Waals surface area contributed by atoms with Gasteiger partial charge in [-0.15, -0.1) is 0 Å². The molecule has 7 nitrogen and oxygen atoms in total. The first kappa shape index (κ1) is 13.3. The maximum atomic E-state index is 12.5. The van der Waals surface area contributed by atoms with Crippen LogP contribution in [0.25, 0.3) is 0 Å². The van der Waals surface area contributed by atoms with Gasteiger partial charge in [-0.05, 0) is 20.3 Å². The normalized spacial score (nSPS) is 19.5. The van der Waals surface area contributed by atoms with Gasteiger partial charge in [-0.25, -0.2) is 0 Å². The van der Waals surface area contributed by atoms with Gasteiger partial charge in [-0.3, -0.25) is 19.7 Å². The minimum atomic E-state index is -0.691. The van der Waals surface area contributed by atoms with Crippen molar-refractivity contribution in [3.05, 3.63) is 17.0 Å². The molecule has 3 amide bonds. The molecule has 1 aliphatic heterocycles. The number of piperazine rings is 1. The zero-order valence-corrected chi connectivity index (χ0v) is 11.0. The average Bonchev–Trinajstić information content (AvgIpc) is 2.74. The van der Waals surface area contributed by atoms with Gasteiger partial charge in [0.2, 0.25) is 11.8 Å². The Bertz CT molecular complexity index is 549. The van der Waals surface area contributed by atoms with E-state index in [9.17, 15) is 14.4 Å². The average molecular weight is 265 g/mol. The van der Waals surface area contributed by atoms with Crippen molar-refractivity contribution in [2.75, 3.05) is 6.54 Å². The quantitative estimate of drug-likeness (QED) is 0.762. The standard InChI is InChI=1S/C12H15N3O4/c1-4-8-10(7(3)19-14-8)12(18)15-5-9(16)13-11(17)6(15)2/h6H,4-5H2,1-3H3,(H,13,16,17). The first-order valence-corrected chi connectivity index (χ1v) is 6.05. The lowest BCUT2D eigenvalue weighted by atomic mass is 10.1. The number of imide groups is 1. The fourth-order valence-corrected chi connectivity index (χ4v) is 2.04. The van der Waals surface area contributed by atoms with Crippen LogP contribution in [-0.4, -0.2) is 40.4 Å². The van der Waals surface area contributed by atoms with E-state index in [0.717, 1.165) is 0 Å². The van der Waals surface area contributed by atoms with E-state index < -0.39 is 23.8 Å². The summed E-state index contributed by atoms with van der Waals surface area (Å²) in [5, 5.41) is 6.00. The Morgan fingerprint density at radius 1 is 1.53 bits per heavy atom. The molecule has 1 unspecified atom stereocenters. The van der Waals surface area contributed by atoms with Crippen LogP contribution in [0.1, 0.15) is 35.7 Å². The van der Waals surface area contributed by atoms with Gasteiger partial charge in [0.25, 0.3) is 5.91 Å². The van der Waals surface area contributed by atoms with Crippen LogP contribution in [0.2, 0.25) is 0 Å². The van der Waals surface area contributed by atoms with Gasteiger partial charge >= 0.3 is 0 Å². The molecule has 1 aromatic heterocycles. The highest BCUT2D eigenvalue weighted by Crippen LogP contribution is 2.19. The Morgan fingerprint density at radius 2 is 2.21 bits per heavy atom. The van der Waals surface area contributed by atoms with Crippen molar-refractivity contribution in [2.24, 2.45) is 0 Å². The van der Waals surface area contributed by atoms with Crippen LogP contribution in [0, 0.1) is 6.92 Å². The summed E-state index contributed by atoms with van der Waals surface area (Å²) >= 11 is 0. The van der Waals surface area contributed by atoms with E-state index in [1.807, 2.05) is 6.92 Å². The van der Waals surface area contributed by atoms with E-state index in [4.69, 9.17) is 4.52 Å². The van der Waals surface area contributed by atoms with Crippen molar-refractivity contribution in [1.82, 2.24) is 15.4 Å². The monoisotopic (exact) mass is 265 g/mol. The molecule has 2 heterocycles. The second-order valence-electron chi connectivity index (χ2n) is 4.44. The highest BCUT2D eigenvalue weighted by molar-refractivity contribution is 6.07. The Labute approximate surface area is 109 Å². The molecule has 1 aliphatic rings. The van der Waals surface area contributed by atoms with E-state index in [1.165, 1.54) is 4.90 Å². The maximum Gasteiger partial charge on any atom is 0.260 e. The fraction of sp³-hybridized carbons (Fsp3) is 0.500. The Balaban J connectivity index is 2.35. The second-order valence-corrected chi connectivity index (χ2v) is 4.44. The Morgan fingerprint density at radius 3 is 2.84 bits per heavy atom. The van der Waals surface area contributed by atoms with Crippen LogP contribution in [0.4, 0.5) is 0 Å². The SMILES string of the molecule is CCc1noc(C)c1C(=O)N1CC(=O)NC(=O)C1C. The summed E-state index contributed by atoms with van der Waals surface area (Å²) in [5.74, 6) is -0.959. The summed E-state index contributed by atoms with van der Waals surface area (Å²) in [4.78, 5) is 36.6. The zero-order valence-electron chi connectivity index (χ0n) is 11.0. The molecule has 7 heteroatoms. The number of rotatable bonds is 2. The molecule has 0 radical (unpaired) electrons. The lowest BCUT2D eigenvalue weighted by molar-refractivity contribution is -0.138. The van der Waals surface area contributed by atoms with Crippen molar-refractivity contribution in [2.45, 2.75) is 33.2 Å². The topological polar surface area (TPSA) is 92.5 Å². The van der Waals surface area contributed by atoms with Crippen LogP contribution in [0.5, 0.6) is 0 Å². The molecule has 0 bridgehead atoms. The van der Waals surface area contributed by atoms with Gasteiger partial charge < -0.3 is 9.42 Å². The highest BCUT2D eigenvalue weighted by Gasteiger charge is 2.36. The number of aromatic nitrogens is 1. The van der Waals surface area contributed by atoms with Crippen molar-refractivity contribution in [1.29, 1.82) is 0 Å². The summed E-state index contributed by atoms with van der Waals surface area (Å²) in [7, 11) is 0. The van der Waals surface area contributed by atoms with Gasteiger partial charge in [0.1, 0.15) is 23.9 Å². The first-order valence-electron chi connectivity index (χ1n) is 6.05. The molecule has 2 rings (SSSR count). The predicted molar refractivity (Wildman–Crippen MR) is 64.3 cm³/mol. The number of hydrogen-bond acceptors (Lipinski definition) is 5. The van der Waals surface area contributed by atoms with Gasteiger partial charge in [-0.1, -0.05) is 12.1 Å². The first-order chi connectivity index (χ1) is 8.95. The van der Waals surface area contributed by atoms with Crippen LogP contribution in [0.3, 0.4) is 0 Å². The number of carbonyl (C=O) groups excluding carboxylic acids is 3. The van der Waals surface area contributed by atoms with Crippen molar-refractivity contribution >= 4 is 17.7 Å². The largest absolute Gasteiger partial charge is 0.361 e. The molecule has 1 fully saturated rings. The lowest BCUT2D eigenvalue weighted by Crippen LogP contribution is -2.58. The molecular weight excluding hydrogens is 250 g/mol. The highest BCUT2D eigenvalue weighted by atomic mass is 16.5. The number of hydrogen-bond donors (Lipinski definition) is 1. The molecule has 0 saturated carbocycles. The lowest BCUT2D eigenvalue weighted by Gasteiger charge is -2.31. The van der Waals surface area contributed by atoms with Crippen molar-refractivity contribution in [3.63, 3.8) is 0 Å². The second kappa shape index (κ2) is 4.83. The molecule has 1 aromatic rings. The molecule has 0 aliphatic carbocycles. The molecule has 1 saturated heterocycles. The Kier molecular flexibility index (Phi) is 3.37. The predicted octanol–water partition coefficient (Wildman–Crippen LogP) is 0.0325. The van der Waals surface area contributed by atoms with E-state index in [0.29, 0.717) is 23.4 Å². The van der Waals surface area contributed by atoms with Crippen molar-refractivity contribution < 1.29 is 18.9 Å². The zero-order chi connectivity index (χ0) is 14.2. The molecular formula is C12H15N3O4. The summed E-state index contributed by atoms with van der Waals surface area (Å²) in [5.41, 5.74) is 0.880. The van der Waals surface area contributed by atoms with E-state index in [-0.39, 0.29) is 6.54 Å². The molecule has 1 N–H and O–H groups in total. The number of nitrogens with zero attached hydrogens (tertiary/aromatic N) is 2. The van der Waals surface area contributed by atoms with E-state index in [2.05, 4.69) is 10.5 Å². The van der Waals surface area contributed by atoms with E-state index in [1.54, 1.807) is 13.8 Å². The third-order valence-corrected chi connectivity index (χ3v) is 3.17. The molecule has 0 aromatic carbocycles. The molecule has 0 spiro atoms. The minimum absolute atomic E-state index is 0.139.